The van der Waals surface area contributed by atoms with Crippen LogP contribution < -0.4 is 5.73 Å². The number of hydrogen-bond donors (Lipinski definition) is 1. The zero-order chi connectivity index (χ0) is 13.0. The van der Waals surface area contributed by atoms with Gasteiger partial charge in [-0.15, -0.1) is 11.3 Å². The third-order valence-electron chi connectivity index (χ3n) is 4.02. The molecule has 1 aromatic rings. The molecular weight excluding hydrogens is 240 g/mol. The molecule has 2 rings (SSSR count). The Morgan fingerprint density at radius 1 is 1.39 bits per heavy atom. The average Bonchev–Trinajstić information content (AvgIpc) is 2.82. The minimum atomic E-state index is 0.322. The van der Waals surface area contributed by atoms with Crippen molar-refractivity contribution in [3.8, 4) is 0 Å². The maximum Gasteiger partial charge on any atom is 0.0244 e. The number of fused-ring (bicyclic) bond motifs is 1. The number of nitrogens with zero attached hydrogens (tertiary/aromatic N) is 1. The van der Waals surface area contributed by atoms with E-state index in [1.54, 1.807) is 10.4 Å². The van der Waals surface area contributed by atoms with Crippen molar-refractivity contribution in [1.82, 2.24) is 4.90 Å². The first-order chi connectivity index (χ1) is 8.61. The Bertz CT molecular complexity index is 370. The summed E-state index contributed by atoms with van der Waals surface area (Å²) in [5.41, 5.74) is 7.65. The Morgan fingerprint density at radius 2 is 2.22 bits per heavy atom. The quantitative estimate of drug-likeness (QED) is 0.801. The van der Waals surface area contributed by atoms with Crippen molar-refractivity contribution in [2.75, 3.05) is 19.6 Å². The second kappa shape index (κ2) is 6.18. The van der Waals surface area contributed by atoms with E-state index >= 15 is 0 Å². The van der Waals surface area contributed by atoms with Crippen LogP contribution in [-0.2, 0) is 13.0 Å². The number of unbranched alkanes of at least 4 members (excludes halogenated alkanes) is 1. The molecule has 0 bridgehead atoms. The van der Waals surface area contributed by atoms with Crippen LogP contribution >= 0.6 is 11.3 Å². The molecule has 2 nitrogen and oxygen atoms in total. The fourth-order valence-electron chi connectivity index (χ4n) is 2.54. The summed E-state index contributed by atoms with van der Waals surface area (Å²) in [5, 5.41) is 2.23. The normalized spacial score (nSPS) is 16.8. The number of thiophene rings is 1. The molecule has 0 unspecified atom stereocenters. The van der Waals surface area contributed by atoms with Crippen molar-refractivity contribution in [1.29, 1.82) is 0 Å². The molecule has 0 spiro atoms. The first-order valence-electron chi connectivity index (χ1n) is 7.08. The van der Waals surface area contributed by atoms with Crippen LogP contribution in [0.5, 0.6) is 0 Å². The molecule has 0 amide bonds. The molecule has 1 aliphatic heterocycles. The van der Waals surface area contributed by atoms with Crippen molar-refractivity contribution < 1.29 is 0 Å². The lowest BCUT2D eigenvalue weighted by Gasteiger charge is -2.27. The lowest BCUT2D eigenvalue weighted by molar-refractivity contribution is 0.241. The van der Waals surface area contributed by atoms with Gasteiger partial charge >= 0.3 is 0 Å². The van der Waals surface area contributed by atoms with Gasteiger partial charge in [-0.25, -0.2) is 0 Å². The van der Waals surface area contributed by atoms with Crippen LogP contribution in [0.2, 0.25) is 0 Å². The van der Waals surface area contributed by atoms with Gasteiger partial charge in [0.05, 0.1) is 0 Å². The van der Waals surface area contributed by atoms with E-state index in [-0.39, 0.29) is 0 Å². The minimum Gasteiger partial charge on any atom is -0.330 e. The van der Waals surface area contributed by atoms with E-state index in [9.17, 15) is 0 Å². The van der Waals surface area contributed by atoms with Crippen LogP contribution in [-0.4, -0.2) is 24.5 Å². The highest BCUT2D eigenvalue weighted by atomic mass is 32.1. The predicted octanol–water partition coefficient (Wildman–Crippen LogP) is 3.26. The van der Waals surface area contributed by atoms with E-state index in [2.05, 4.69) is 30.2 Å². The Hall–Kier alpha value is -0.380. The van der Waals surface area contributed by atoms with Crippen molar-refractivity contribution in [3.05, 3.63) is 21.9 Å². The molecule has 18 heavy (non-hydrogen) atoms. The van der Waals surface area contributed by atoms with Gasteiger partial charge in [0, 0.05) is 18.0 Å². The molecule has 3 heteroatoms. The summed E-state index contributed by atoms with van der Waals surface area (Å²) in [4.78, 5) is 4.21. The van der Waals surface area contributed by atoms with Crippen LogP contribution in [0.3, 0.4) is 0 Å². The molecule has 0 saturated carbocycles. The number of nitrogens with two attached hydrogens (primary N) is 1. The fourth-order valence-corrected chi connectivity index (χ4v) is 3.43. The Balaban J connectivity index is 1.67. The first-order valence-corrected chi connectivity index (χ1v) is 7.96. The highest BCUT2D eigenvalue weighted by molar-refractivity contribution is 7.10. The van der Waals surface area contributed by atoms with Crippen molar-refractivity contribution in [2.45, 2.75) is 46.1 Å². The van der Waals surface area contributed by atoms with Gasteiger partial charge in [0.2, 0.25) is 0 Å². The summed E-state index contributed by atoms with van der Waals surface area (Å²) in [6.45, 7) is 8.99. The minimum absolute atomic E-state index is 0.322. The smallest absolute Gasteiger partial charge is 0.0244 e. The zero-order valence-corrected chi connectivity index (χ0v) is 12.6. The van der Waals surface area contributed by atoms with E-state index in [0.717, 1.165) is 6.54 Å². The lowest BCUT2D eigenvalue weighted by atomic mass is 9.87. The van der Waals surface area contributed by atoms with Crippen LogP contribution in [0.25, 0.3) is 0 Å². The van der Waals surface area contributed by atoms with Gasteiger partial charge in [-0.3, -0.25) is 4.90 Å². The Kier molecular flexibility index (Phi) is 4.82. The molecule has 1 aromatic heterocycles. The SMILES string of the molecule is CC(C)(CN)CCCCN1CCc2sccc2C1. The third kappa shape index (κ3) is 3.81. The van der Waals surface area contributed by atoms with E-state index in [0.29, 0.717) is 5.41 Å². The fraction of sp³-hybridized carbons (Fsp3) is 0.733. The molecule has 0 radical (unpaired) electrons. The standard InChI is InChI=1S/C15H26N2S/c1-15(2,12-16)7-3-4-8-17-9-5-14-13(11-17)6-10-18-14/h6,10H,3-5,7-9,11-12,16H2,1-2H3. The first kappa shape index (κ1) is 14.0. The van der Waals surface area contributed by atoms with Gasteiger partial charge in [-0.2, -0.15) is 0 Å². The molecular formula is C15H26N2S. The average molecular weight is 266 g/mol. The zero-order valence-electron chi connectivity index (χ0n) is 11.7. The molecule has 0 aliphatic carbocycles. The van der Waals surface area contributed by atoms with Crippen molar-refractivity contribution in [3.63, 3.8) is 0 Å². The van der Waals surface area contributed by atoms with Gasteiger partial charge in [0.1, 0.15) is 0 Å². The van der Waals surface area contributed by atoms with Crippen LogP contribution in [0.4, 0.5) is 0 Å². The molecule has 1 aliphatic rings. The second-order valence-electron chi connectivity index (χ2n) is 6.22. The van der Waals surface area contributed by atoms with Crippen molar-refractivity contribution >= 4 is 11.3 Å². The van der Waals surface area contributed by atoms with Crippen LogP contribution in [0.1, 0.15) is 43.6 Å². The Morgan fingerprint density at radius 3 is 3.00 bits per heavy atom. The topological polar surface area (TPSA) is 29.3 Å². The van der Waals surface area contributed by atoms with Crippen LogP contribution in [0, 0.1) is 5.41 Å². The number of rotatable bonds is 6. The largest absolute Gasteiger partial charge is 0.330 e. The summed E-state index contributed by atoms with van der Waals surface area (Å²) in [6, 6.07) is 2.30. The van der Waals surface area contributed by atoms with Gasteiger partial charge in [0.25, 0.3) is 0 Å². The molecule has 0 aromatic carbocycles. The third-order valence-corrected chi connectivity index (χ3v) is 5.04. The molecule has 102 valence electrons. The van der Waals surface area contributed by atoms with E-state index in [1.807, 2.05) is 11.3 Å². The lowest BCUT2D eigenvalue weighted by Crippen LogP contribution is -2.30. The van der Waals surface area contributed by atoms with Gasteiger partial charge in [-0.05, 0) is 54.8 Å². The maximum atomic E-state index is 5.76. The molecule has 2 heterocycles. The summed E-state index contributed by atoms with van der Waals surface area (Å²) in [5.74, 6) is 0. The van der Waals surface area contributed by atoms with Gasteiger partial charge in [0.15, 0.2) is 0 Å². The molecule has 0 saturated heterocycles. The summed E-state index contributed by atoms with van der Waals surface area (Å²) in [6.07, 6.45) is 5.11. The summed E-state index contributed by atoms with van der Waals surface area (Å²) >= 11 is 1.92. The second-order valence-corrected chi connectivity index (χ2v) is 7.22. The molecule has 0 atom stereocenters. The maximum absolute atomic E-state index is 5.76. The van der Waals surface area contributed by atoms with E-state index in [4.69, 9.17) is 5.73 Å². The van der Waals surface area contributed by atoms with Gasteiger partial charge < -0.3 is 5.73 Å². The highest BCUT2D eigenvalue weighted by Gasteiger charge is 2.18. The number of hydrogen-bond acceptors (Lipinski definition) is 3. The van der Waals surface area contributed by atoms with E-state index in [1.165, 1.54) is 45.3 Å². The van der Waals surface area contributed by atoms with Crippen LogP contribution in [0.15, 0.2) is 11.4 Å². The van der Waals surface area contributed by atoms with Crippen molar-refractivity contribution in [2.24, 2.45) is 11.1 Å². The molecule has 2 N–H and O–H groups in total. The monoisotopic (exact) mass is 266 g/mol. The predicted molar refractivity (Wildman–Crippen MR) is 80.0 cm³/mol. The Labute approximate surface area is 115 Å². The highest BCUT2D eigenvalue weighted by Crippen LogP contribution is 2.25. The van der Waals surface area contributed by atoms with Gasteiger partial charge in [-0.1, -0.05) is 20.3 Å². The van der Waals surface area contributed by atoms with E-state index < -0.39 is 0 Å². The summed E-state index contributed by atoms with van der Waals surface area (Å²) in [7, 11) is 0. The molecule has 0 fully saturated rings. The summed E-state index contributed by atoms with van der Waals surface area (Å²) < 4.78 is 0.